The zero-order valence-corrected chi connectivity index (χ0v) is 14.9. The van der Waals surface area contributed by atoms with Crippen LogP contribution < -0.4 is 5.32 Å². The summed E-state index contributed by atoms with van der Waals surface area (Å²) >= 11 is 0. The molecule has 0 spiro atoms. The minimum absolute atomic E-state index is 0.0817. The van der Waals surface area contributed by atoms with E-state index in [0.29, 0.717) is 16.7 Å². The molecule has 1 aromatic carbocycles. The molecule has 0 aliphatic carbocycles. The third-order valence-electron chi connectivity index (χ3n) is 2.96. The third-order valence-corrected chi connectivity index (χ3v) is 2.96. The van der Waals surface area contributed by atoms with Gasteiger partial charge in [0.1, 0.15) is 0 Å². The van der Waals surface area contributed by atoms with E-state index < -0.39 is 5.97 Å². The molecule has 5 nitrogen and oxygen atoms in total. The summed E-state index contributed by atoms with van der Waals surface area (Å²) in [5.41, 5.74) is 1.27. The number of carbonyl (C=O) groups excluding carboxylic acids is 3. The molecule has 5 heteroatoms. The Morgan fingerprint density at radius 3 is 2.04 bits per heavy atom. The van der Waals surface area contributed by atoms with Gasteiger partial charge < -0.3 is 10.1 Å². The van der Waals surface area contributed by atoms with Crippen molar-refractivity contribution in [2.45, 2.75) is 27.7 Å². The van der Waals surface area contributed by atoms with E-state index in [1.54, 1.807) is 25.2 Å². The molecule has 130 valence electrons. The van der Waals surface area contributed by atoms with Crippen molar-refractivity contribution < 1.29 is 19.1 Å². The lowest BCUT2D eigenvalue weighted by atomic mass is 10.1. The fraction of sp³-hybridized carbons (Fsp3) is 0.316. The van der Waals surface area contributed by atoms with Crippen molar-refractivity contribution in [2.24, 2.45) is 0 Å². The number of esters is 1. The van der Waals surface area contributed by atoms with Gasteiger partial charge in [-0.15, -0.1) is 0 Å². The van der Waals surface area contributed by atoms with Gasteiger partial charge in [0.25, 0.3) is 5.91 Å². The van der Waals surface area contributed by atoms with E-state index in [-0.39, 0.29) is 18.2 Å². The Morgan fingerprint density at radius 1 is 1.04 bits per heavy atom. The monoisotopic (exact) mass is 331 g/mol. The lowest BCUT2D eigenvalue weighted by Crippen LogP contribution is -2.30. The van der Waals surface area contributed by atoms with Crippen molar-refractivity contribution in [2.75, 3.05) is 13.7 Å². The van der Waals surface area contributed by atoms with Crippen LogP contribution in [0.3, 0.4) is 0 Å². The molecule has 0 aliphatic heterocycles. The number of hydrogen-bond acceptors (Lipinski definition) is 4. The maximum absolute atomic E-state index is 12.0. The van der Waals surface area contributed by atoms with Crippen molar-refractivity contribution in [3.63, 3.8) is 0 Å². The van der Waals surface area contributed by atoms with Crippen molar-refractivity contribution in [3.05, 3.63) is 59.2 Å². The summed E-state index contributed by atoms with van der Waals surface area (Å²) in [6, 6.07) is 6.02. The minimum Gasteiger partial charge on any atom is -0.465 e. The maximum atomic E-state index is 12.0. The van der Waals surface area contributed by atoms with Crippen LogP contribution in [-0.4, -0.2) is 31.3 Å². The maximum Gasteiger partial charge on any atom is 0.337 e. The second-order valence-corrected chi connectivity index (χ2v) is 4.42. The highest BCUT2D eigenvalue weighted by Crippen LogP contribution is 2.06. The standard InChI is InChI=1S/C17H19NO4.C2H6/c1-4-6-12(5-2)15(19)11-18-16(20)13-7-9-14(10-8-13)17(21)22-3;1-2/h4-10H,11H2,1-3H3,(H,18,20);1-2H3/b6-4-,12-5+;. The minimum atomic E-state index is -0.466. The predicted molar refractivity (Wildman–Crippen MR) is 95.0 cm³/mol. The molecule has 1 amide bonds. The summed E-state index contributed by atoms with van der Waals surface area (Å²) in [7, 11) is 1.29. The van der Waals surface area contributed by atoms with E-state index in [1.165, 1.54) is 31.4 Å². The van der Waals surface area contributed by atoms with E-state index in [9.17, 15) is 14.4 Å². The van der Waals surface area contributed by atoms with Crippen LogP contribution in [0.5, 0.6) is 0 Å². The molecule has 0 unspecified atom stereocenters. The smallest absolute Gasteiger partial charge is 0.337 e. The number of benzene rings is 1. The van der Waals surface area contributed by atoms with Gasteiger partial charge in [-0.2, -0.15) is 0 Å². The number of ketones is 1. The first-order valence-electron chi connectivity index (χ1n) is 7.82. The van der Waals surface area contributed by atoms with Crippen molar-refractivity contribution in [3.8, 4) is 0 Å². The molecule has 0 aliphatic rings. The zero-order valence-electron chi connectivity index (χ0n) is 14.9. The number of hydrogen-bond donors (Lipinski definition) is 1. The molecular weight excluding hydrogens is 306 g/mol. The first-order chi connectivity index (χ1) is 11.5. The molecular formula is C19H25NO4. The molecule has 1 rings (SSSR count). The molecule has 0 atom stereocenters. The second kappa shape index (κ2) is 11.8. The Bertz CT molecular complexity index is 613. The Kier molecular flexibility index (Phi) is 10.5. The van der Waals surface area contributed by atoms with Crippen LogP contribution >= 0.6 is 0 Å². The molecule has 1 N–H and O–H groups in total. The number of allylic oxidation sites excluding steroid dienone is 3. The topological polar surface area (TPSA) is 72.5 Å². The van der Waals surface area contributed by atoms with Gasteiger partial charge >= 0.3 is 5.97 Å². The number of nitrogens with one attached hydrogen (secondary N) is 1. The zero-order chi connectivity index (χ0) is 18.5. The van der Waals surface area contributed by atoms with E-state index >= 15 is 0 Å². The second-order valence-electron chi connectivity index (χ2n) is 4.42. The van der Waals surface area contributed by atoms with Gasteiger partial charge in [-0.3, -0.25) is 9.59 Å². The van der Waals surface area contributed by atoms with Gasteiger partial charge in [0, 0.05) is 11.1 Å². The van der Waals surface area contributed by atoms with Gasteiger partial charge in [-0.1, -0.05) is 32.1 Å². The number of methoxy groups -OCH3 is 1. The van der Waals surface area contributed by atoms with Crippen LogP contribution in [-0.2, 0) is 9.53 Å². The average molecular weight is 331 g/mol. The van der Waals surface area contributed by atoms with Crippen molar-refractivity contribution in [1.82, 2.24) is 5.32 Å². The van der Waals surface area contributed by atoms with Crippen LogP contribution in [0.25, 0.3) is 0 Å². The summed E-state index contributed by atoms with van der Waals surface area (Å²) in [5, 5.41) is 2.56. The molecule has 0 radical (unpaired) electrons. The van der Waals surface area contributed by atoms with E-state index in [0.717, 1.165) is 0 Å². The van der Waals surface area contributed by atoms with Crippen molar-refractivity contribution in [1.29, 1.82) is 0 Å². The molecule has 0 saturated heterocycles. The van der Waals surface area contributed by atoms with Crippen LogP contribution in [0.4, 0.5) is 0 Å². The van der Waals surface area contributed by atoms with Crippen LogP contribution in [0.1, 0.15) is 48.4 Å². The van der Waals surface area contributed by atoms with Gasteiger partial charge in [0.15, 0.2) is 5.78 Å². The highest BCUT2D eigenvalue weighted by atomic mass is 16.5. The van der Waals surface area contributed by atoms with Crippen LogP contribution in [0.2, 0.25) is 0 Å². The number of carbonyl (C=O) groups is 3. The predicted octanol–water partition coefficient (Wildman–Crippen LogP) is 3.32. The number of rotatable bonds is 6. The quantitative estimate of drug-likeness (QED) is 0.493. The summed E-state index contributed by atoms with van der Waals surface area (Å²) in [5.74, 6) is -1.01. The van der Waals surface area contributed by atoms with E-state index in [1.807, 2.05) is 20.8 Å². The summed E-state index contributed by atoms with van der Waals surface area (Å²) in [6.07, 6.45) is 5.15. The first kappa shape index (κ1) is 21.3. The van der Waals surface area contributed by atoms with Crippen LogP contribution in [0, 0.1) is 0 Å². The molecule has 0 aromatic heterocycles. The molecule has 0 saturated carbocycles. The fourth-order valence-corrected chi connectivity index (χ4v) is 1.77. The van der Waals surface area contributed by atoms with Gasteiger partial charge in [-0.25, -0.2) is 4.79 Å². The molecule has 0 fully saturated rings. The lowest BCUT2D eigenvalue weighted by Gasteiger charge is -2.06. The average Bonchev–Trinajstić information content (AvgIpc) is 2.64. The number of Topliss-reactive ketones (excluding diaryl/α,β-unsaturated/α-hetero) is 1. The van der Waals surface area contributed by atoms with Crippen LogP contribution in [0.15, 0.2) is 48.1 Å². The van der Waals surface area contributed by atoms with Gasteiger partial charge in [0.05, 0.1) is 19.2 Å². The van der Waals surface area contributed by atoms with Crippen molar-refractivity contribution >= 4 is 17.7 Å². The highest BCUT2D eigenvalue weighted by Gasteiger charge is 2.11. The Morgan fingerprint density at radius 2 is 1.58 bits per heavy atom. The normalized spacial score (nSPS) is 10.6. The third kappa shape index (κ3) is 6.60. The van der Waals surface area contributed by atoms with Gasteiger partial charge in [0.2, 0.25) is 0 Å². The Labute approximate surface area is 143 Å². The number of amides is 1. The Balaban J connectivity index is 0.00000254. The first-order valence-corrected chi connectivity index (χ1v) is 7.82. The lowest BCUT2D eigenvalue weighted by molar-refractivity contribution is -0.114. The number of ether oxygens (including phenoxy) is 1. The largest absolute Gasteiger partial charge is 0.465 e. The highest BCUT2D eigenvalue weighted by molar-refractivity contribution is 6.03. The van der Waals surface area contributed by atoms with E-state index in [2.05, 4.69) is 10.1 Å². The summed E-state index contributed by atoms with van der Waals surface area (Å²) in [4.78, 5) is 35.1. The molecule has 24 heavy (non-hydrogen) atoms. The molecule has 0 heterocycles. The summed E-state index contributed by atoms with van der Waals surface area (Å²) < 4.78 is 4.58. The van der Waals surface area contributed by atoms with Gasteiger partial charge in [-0.05, 0) is 38.1 Å². The SMILES string of the molecule is C/C=C\C(=C/C)C(=O)CNC(=O)c1ccc(C(=O)OC)cc1.CC. The van der Waals surface area contributed by atoms with E-state index in [4.69, 9.17) is 0 Å². The fourth-order valence-electron chi connectivity index (χ4n) is 1.77. The molecule has 0 bridgehead atoms. The molecule has 1 aromatic rings. The Hall–Kier alpha value is -2.69. The summed E-state index contributed by atoms with van der Waals surface area (Å²) in [6.45, 7) is 7.50.